The van der Waals surface area contributed by atoms with Gasteiger partial charge in [-0.2, -0.15) is 0 Å². The predicted molar refractivity (Wildman–Crippen MR) is 109 cm³/mol. The topological polar surface area (TPSA) is 155 Å². The van der Waals surface area contributed by atoms with Crippen LogP contribution in [0.1, 0.15) is 40.2 Å². The summed E-state index contributed by atoms with van der Waals surface area (Å²) in [6, 6.07) is 4.75. The van der Waals surface area contributed by atoms with Gasteiger partial charge >= 0.3 is 11.9 Å². The van der Waals surface area contributed by atoms with Crippen LogP contribution in [-0.4, -0.2) is 70.1 Å². The van der Waals surface area contributed by atoms with Crippen molar-refractivity contribution in [1.29, 1.82) is 0 Å². The van der Waals surface area contributed by atoms with Crippen molar-refractivity contribution in [2.75, 3.05) is 12.4 Å². The number of rotatable bonds is 6. The lowest BCUT2D eigenvalue weighted by atomic mass is 9.99. The van der Waals surface area contributed by atoms with E-state index in [1.807, 2.05) is 27.7 Å². The highest BCUT2D eigenvalue weighted by Crippen LogP contribution is 2.30. The van der Waals surface area contributed by atoms with Crippen LogP contribution in [-0.2, 0) is 25.7 Å². The van der Waals surface area contributed by atoms with Crippen LogP contribution in [0.3, 0.4) is 0 Å². The van der Waals surface area contributed by atoms with Gasteiger partial charge in [0.2, 0.25) is 6.29 Å². The molecule has 172 valence electrons. The number of benzene rings is 1. The molecule has 10 heteroatoms. The van der Waals surface area contributed by atoms with Gasteiger partial charge in [-0.15, -0.1) is 0 Å². The number of hydrogen-bond acceptors (Lipinski definition) is 9. The molecule has 1 aliphatic rings. The Morgan fingerprint density at radius 2 is 1.67 bits per heavy atom. The van der Waals surface area contributed by atoms with Gasteiger partial charge in [-0.25, -0.2) is 4.79 Å². The van der Waals surface area contributed by atoms with Crippen molar-refractivity contribution in [3.05, 3.63) is 23.8 Å². The van der Waals surface area contributed by atoms with E-state index in [1.54, 1.807) is 19.2 Å². The molecule has 5 N–H and O–H groups in total. The summed E-state index contributed by atoms with van der Waals surface area (Å²) in [5, 5.41) is 41.4. The minimum Gasteiger partial charge on any atom is -0.479 e. The third kappa shape index (κ3) is 7.45. The van der Waals surface area contributed by atoms with Gasteiger partial charge in [0.05, 0.1) is 5.69 Å². The highest BCUT2D eigenvalue weighted by Gasteiger charge is 2.48. The standard InChI is InChI=1S/C16H21NO9.2C2H6/c1-7(18)24-6-8-3-4-10(9(5-8)17-2)25-16-13(21)11(19)12(20)14(26-16)15(22)23;2*1-2/h3-5,11-14,16-17,19-21H,6H2,1-2H3,(H,22,23);2*1-2H3. The fraction of sp³-hybridized carbons (Fsp3) is 0.600. The average Bonchev–Trinajstić information content (AvgIpc) is 2.75. The van der Waals surface area contributed by atoms with E-state index in [-0.39, 0.29) is 12.4 Å². The van der Waals surface area contributed by atoms with Gasteiger partial charge in [-0.05, 0) is 17.7 Å². The summed E-state index contributed by atoms with van der Waals surface area (Å²) in [5.74, 6) is -1.72. The molecule has 1 aliphatic heterocycles. The zero-order valence-electron chi connectivity index (χ0n) is 18.2. The monoisotopic (exact) mass is 431 g/mol. The Kier molecular flexibility index (Phi) is 12.7. The lowest BCUT2D eigenvalue weighted by Gasteiger charge is -2.38. The quantitative estimate of drug-likeness (QED) is 0.414. The largest absolute Gasteiger partial charge is 0.479 e. The second kappa shape index (κ2) is 13.8. The smallest absolute Gasteiger partial charge is 0.335 e. The number of aliphatic hydroxyl groups is 3. The molecule has 30 heavy (non-hydrogen) atoms. The van der Waals surface area contributed by atoms with Crippen LogP contribution in [0.25, 0.3) is 0 Å². The number of carbonyl (C=O) groups excluding carboxylic acids is 1. The van der Waals surface area contributed by atoms with E-state index in [2.05, 4.69) is 5.32 Å². The zero-order valence-corrected chi connectivity index (χ0v) is 18.2. The number of nitrogens with one attached hydrogen (secondary N) is 1. The van der Waals surface area contributed by atoms with Crippen LogP contribution in [0.2, 0.25) is 0 Å². The SMILES string of the molecule is CC.CC.CNc1cc(COC(C)=O)ccc1OC1OC(C(=O)O)C(O)C(O)C1O. The van der Waals surface area contributed by atoms with E-state index in [1.165, 1.54) is 13.0 Å². The van der Waals surface area contributed by atoms with Gasteiger partial charge < -0.3 is 40.0 Å². The summed E-state index contributed by atoms with van der Waals surface area (Å²) in [6.07, 6.45) is -8.47. The number of anilines is 1. The molecule has 0 bridgehead atoms. The van der Waals surface area contributed by atoms with Gasteiger partial charge in [-0.3, -0.25) is 4.79 Å². The third-order valence-corrected chi connectivity index (χ3v) is 3.81. The van der Waals surface area contributed by atoms with Crippen molar-refractivity contribution in [3.8, 4) is 5.75 Å². The Labute approximate surface area is 176 Å². The number of hydrogen-bond donors (Lipinski definition) is 5. The van der Waals surface area contributed by atoms with Crippen LogP contribution in [0.4, 0.5) is 5.69 Å². The molecule has 5 unspecified atom stereocenters. The molecule has 5 atom stereocenters. The summed E-state index contributed by atoms with van der Waals surface area (Å²) in [6.45, 7) is 9.34. The minimum absolute atomic E-state index is 0.0544. The zero-order chi connectivity index (χ0) is 23.4. The van der Waals surface area contributed by atoms with Crippen molar-refractivity contribution in [3.63, 3.8) is 0 Å². The molecule has 1 aromatic carbocycles. The number of aliphatic carboxylic acids is 1. The lowest BCUT2D eigenvalue weighted by Crippen LogP contribution is -2.61. The first kappa shape index (κ1) is 27.6. The maximum atomic E-state index is 11.1. The van der Waals surface area contributed by atoms with Crippen LogP contribution in [0.5, 0.6) is 5.75 Å². The van der Waals surface area contributed by atoms with E-state index in [0.717, 1.165) is 0 Å². The fourth-order valence-electron chi connectivity index (χ4n) is 2.42. The molecule has 0 aliphatic carbocycles. The molecule has 0 aromatic heterocycles. The fourth-order valence-corrected chi connectivity index (χ4v) is 2.42. The first-order chi connectivity index (χ1) is 14.2. The summed E-state index contributed by atoms with van der Waals surface area (Å²) >= 11 is 0. The van der Waals surface area contributed by atoms with Gasteiger partial charge in [0.15, 0.2) is 6.10 Å². The molecular weight excluding hydrogens is 398 g/mol. The van der Waals surface area contributed by atoms with Crippen molar-refractivity contribution in [2.24, 2.45) is 0 Å². The highest BCUT2D eigenvalue weighted by atomic mass is 16.7. The van der Waals surface area contributed by atoms with Crippen LogP contribution < -0.4 is 10.1 Å². The molecule has 1 saturated heterocycles. The van der Waals surface area contributed by atoms with E-state index >= 15 is 0 Å². The Hall–Kier alpha value is -2.40. The Balaban J connectivity index is 0.00000198. The Bertz CT molecular complexity index is 668. The normalized spacial score (nSPS) is 24.9. The van der Waals surface area contributed by atoms with Crippen molar-refractivity contribution < 1.29 is 44.2 Å². The number of esters is 1. The molecular formula is C20H33NO9. The third-order valence-electron chi connectivity index (χ3n) is 3.81. The minimum atomic E-state index is -1.79. The molecule has 1 aromatic rings. The van der Waals surface area contributed by atoms with Gasteiger partial charge in [0.25, 0.3) is 0 Å². The maximum Gasteiger partial charge on any atom is 0.335 e. The highest BCUT2D eigenvalue weighted by molar-refractivity contribution is 5.73. The van der Waals surface area contributed by atoms with E-state index in [0.29, 0.717) is 11.3 Å². The molecule has 0 amide bonds. The van der Waals surface area contributed by atoms with Crippen molar-refractivity contribution in [2.45, 2.75) is 71.9 Å². The first-order valence-electron chi connectivity index (χ1n) is 9.77. The Morgan fingerprint density at radius 3 is 2.17 bits per heavy atom. The number of carboxylic acid groups (broad SMARTS) is 1. The molecule has 0 saturated carbocycles. The molecule has 2 rings (SSSR count). The first-order valence-corrected chi connectivity index (χ1v) is 9.77. The molecule has 0 spiro atoms. The van der Waals surface area contributed by atoms with E-state index in [4.69, 9.17) is 19.3 Å². The van der Waals surface area contributed by atoms with Crippen LogP contribution >= 0.6 is 0 Å². The van der Waals surface area contributed by atoms with Gasteiger partial charge in [0.1, 0.15) is 30.7 Å². The van der Waals surface area contributed by atoms with Crippen molar-refractivity contribution in [1.82, 2.24) is 0 Å². The summed E-state index contributed by atoms with van der Waals surface area (Å²) < 4.78 is 15.5. The predicted octanol–water partition coefficient (Wildman–Crippen LogP) is 1.11. The second-order valence-corrected chi connectivity index (χ2v) is 5.71. The number of aliphatic hydroxyl groups excluding tert-OH is 3. The number of carboxylic acids is 1. The molecule has 0 radical (unpaired) electrons. The van der Waals surface area contributed by atoms with E-state index < -0.39 is 42.6 Å². The van der Waals surface area contributed by atoms with Crippen LogP contribution in [0.15, 0.2) is 18.2 Å². The molecule has 10 nitrogen and oxygen atoms in total. The van der Waals surface area contributed by atoms with Gasteiger partial charge in [-0.1, -0.05) is 33.8 Å². The second-order valence-electron chi connectivity index (χ2n) is 5.71. The molecule has 1 fully saturated rings. The summed E-state index contributed by atoms with van der Waals surface area (Å²) in [5.41, 5.74) is 1.12. The average molecular weight is 431 g/mol. The summed E-state index contributed by atoms with van der Waals surface area (Å²) in [4.78, 5) is 22.0. The maximum absolute atomic E-state index is 11.1. The van der Waals surface area contributed by atoms with Crippen molar-refractivity contribution >= 4 is 17.6 Å². The lowest BCUT2D eigenvalue weighted by molar-refractivity contribution is -0.271. The number of ether oxygens (including phenoxy) is 3. The Morgan fingerprint density at radius 1 is 1.07 bits per heavy atom. The van der Waals surface area contributed by atoms with E-state index in [9.17, 15) is 24.9 Å². The molecule has 1 heterocycles. The van der Waals surface area contributed by atoms with Gasteiger partial charge in [0, 0.05) is 14.0 Å². The number of carbonyl (C=O) groups is 2. The summed E-state index contributed by atoms with van der Waals surface area (Å²) in [7, 11) is 1.61. The van der Waals surface area contributed by atoms with Crippen LogP contribution in [0, 0.1) is 0 Å².